The maximum absolute atomic E-state index is 14.1. The van der Waals surface area contributed by atoms with E-state index in [1.165, 1.54) is 39.8 Å². The number of nitrogens with two attached hydrogens (primary N) is 1. The van der Waals surface area contributed by atoms with Gasteiger partial charge in [0.1, 0.15) is 5.82 Å². The van der Waals surface area contributed by atoms with Crippen molar-refractivity contribution >= 4 is 5.78 Å². The quantitative estimate of drug-likeness (QED) is 0.915. The van der Waals surface area contributed by atoms with E-state index in [2.05, 4.69) is 0 Å². The minimum atomic E-state index is -3.87. The summed E-state index contributed by atoms with van der Waals surface area (Å²) in [6, 6.07) is 2.81. The monoisotopic (exact) mass is 273 g/mol. The van der Waals surface area contributed by atoms with Crippen LogP contribution < -0.4 is 5.73 Å². The molecule has 0 amide bonds. The lowest BCUT2D eigenvalue weighted by molar-refractivity contribution is -0.153. The first kappa shape index (κ1) is 15.7. The van der Waals surface area contributed by atoms with Crippen molar-refractivity contribution in [2.45, 2.75) is 39.7 Å². The fraction of sp³-hybridized carbons (Fsp3) is 0.500. The van der Waals surface area contributed by atoms with Crippen molar-refractivity contribution in [3.05, 3.63) is 35.1 Å². The molecule has 0 saturated carbocycles. The van der Waals surface area contributed by atoms with Crippen molar-refractivity contribution in [3.63, 3.8) is 0 Å². The maximum Gasteiger partial charge on any atom is 0.333 e. The lowest BCUT2D eigenvalue weighted by Gasteiger charge is -2.25. The largest absolute Gasteiger partial charge is 0.333 e. The molecule has 2 nitrogen and oxygen atoms in total. The van der Waals surface area contributed by atoms with Crippen molar-refractivity contribution in [3.8, 4) is 0 Å². The molecule has 1 unspecified atom stereocenters. The summed E-state index contributed by atoms with van der Waals surface area (Å²) >= 11 is 0. The number of hydrogen-bond acceptors (Lipinski definition) is 2. The third-order valence-electron chi connectivity index (χ3n) is 2.82. The first-order chi connectivity index (χ1) is 8.49. The van der Waals surface area contributed by atoms with Crippen LogP contribution in [0.25, 0.3) is 0 Å². The fourth-order valence-corrected chi connectivity index (χ4v) is 1.74. The minimum absolute atomic E-state index is 0.0288. The Labute approximate surface area is 110 Å². The number of hydrogen-bond donors (Lipinski definition) is 1. The SMILES string of the molecule is CC(N)c1cccc(C(F)(F)C(=O)C(C)(C)C)c1F. The number of carbonyl (C=O) groups is 1. The van der Waals surface area contributed by atoms with Gasteiger partial charge in [-0.1, -0.05) is 32.9 Å². The van der Waals surface area contributed by atoms with Crippen LogP contribution in [0.15, 0.2) is 18.2 Å². The van der Waals surface area contributed by atoms with Crippen LogP contribution in [0.4, 0.5) is 13.2 Å². The van der Waals surface area contributed by atoms with Gasteiger partial charge in [-0.15, -0.1) is 0 Å². The standard InChI is InChI=1S/C14H18F3NO/c1-8(18)9-6-5-7-10(11(9)15)14(16,17)12(19)13(2,3)4/h5-8H,18H2,1-4H3. The first-order valence-corrected chi connectivity index (χ1v) is 5.96. The molecular formula is C14H18F3NO. The number of benzene rings is 1. The molecule has 1 atom stereocenters. The van der Waals surface area contributed by atoms with Gasteiger partial charge in [-0.05, 0) is 13.0 Å². The predicted molar refractivity (Wildman–Crippen MR) is 67.4 cm³/mol. The first-order valence-electron chi connectivity index (χ1n) is 5.96. The van der Waals surface area contributed by atoms with Crippen molar-refractivity contribution in [2.24, 2.45) is 11.1 Å². The van der Waals surface area contributed by atoms with Crippen molar-refractivity contribution in [1.29, 1.82) is 0 Å². The molecule has 1 rings (SSSR count). The zero-order valence-electron chi connectivity index (χ0n) is 11.4. The zero-order valence-corrected chi connectivity index (χ0v) is 11.4. The van der Waals surface area contributed by atoms with Crippen LogP contribution in [-0.4, -0.2) is 5.78 Å². The van der Waals surface area contributed by atoms with E-state index < -0.39 is 34.5 Å². The van der Waals surface area contributed by atoms with Gasteiger partial charge in [-0.25, -0.2) is 4.39 Å². The van der Waals surface area contributed by atoms with Crippen molar-refractivity contribution in [2.75, 3.05) is 0 Å². The molecule has 0 radical (unpaired) electrons. The summed E-state index contributed by atoms with van der Waals surface area (Å²) in [6.07, 6.45) is 0. The third-order valence-corrected chi connectivity index (χ3v) is 2.82. The Hall–Kier alpha value is -1.36. The average molecular weight is 273 g/mol. The van der Waals surface area contributed by atoms with Crippen LogP contribution in [0.1, 0.15) is 44.9 Å². The van der Waals surface area contributed by atoms with Gasteiger partial charge in [0.05, 0.1) is 5.56 Å². The lowest BCUT2D eigenvalue weighted by atomic mass is 9.84. The van der Waals surface area contributed by atoms with E-state index in [-0.39, 0.29) is 5.56 Å². The summed E-state index contributed by atoms with van der Waals surface area (Å²) in [7, 11) is 0. The van der Waals surface area contributed by atoms with Crippen LogP contribution in [0.2, 0.25) is 0 Å². The van der Waals surface area contributed by atoms with E-state index in [1.54, 1.807) is 0 Å². The molecule has 2 N–H and O–H groups in total. The molecule has 1 aromatic carbocycles. The van der Waals surface area contributed by atoms with Crippen molar-refractivity contribution in [1.82, 2.24) is 0 Å². The molecule has 0 aliphatic carbocycles. The normalized spacial score (nSPS) is 14.3. The van der Waals surface area contributed by atoms with E-state index >= 15 is 0 Å². The summed E-state index contributed by atoms with van der Waals surface area (Å²) in [4.78, 5) is 11.8. The Balaban J connectivity index is 3.38. The van der Waals surface area contributed by atoms with Gasteiger partial charge in [-0.2, -0.15) is 8.78 Å². The summed E-state index contributed by atoms with van der Waals surface area (Å²) in [5.74, 6) is -6.30. The number of alkyl halides is 2. The second-order valence-electron chi connectivity index (χ2n) is 5.65. The Kier molecular flexibility index (Phi) is 4.10. The third kappa shape index (κ3) is 2.97. The predicted octanol–water partition coefficient (Wildman–Crippen LogP) is 3.55. The molecule has 106 valence electrons. The fourth-order valence-electron chi connectivity index (χ4n) is 1.74. The maximum atomic E-state index is 14.1. The minimum Gasteiger partial charge on any atom is -0.324 e. The summed E-state index contributed by atoms with van der Waals surface area (Å²) in [5, 5.41) is 0. The highest BCUT2D eigenvalue weighted by Crippen LogP contribution is 2.38. The molecule has 0 aliphatic rings. The van der Waals surface area contributed by atoms with E-state index in [0.717, 1.165) is 6.07 Å². The van der Waals surface area contributed by atoms with Gasteiger partial charge < -0.3 is 5.73 Å². The molecule has 0 aliphatic heterocycles. The number of ketones is 1. The summed E-state index contributed by atoms with van der Waals surface area (Å²) < 4.78 is 42.3. The Morgan fingerprint density at radius 1 is 1.26 bits per heavy atom. The Morgan fingerprint density at radius 2 is 1.79 bits per heavy atom. The van der Waals surface area contributed by atoms with Gasteiger partial charge in [-0.3, -0.25) is 4.79 Å². The highest BCUT2D eigenvalue weighted by molar-refractivity contribution is 5.91. The van der Waals surface area contributed by atoms with Gasteiger partial charge in [0.2, 0.25) is 5.78 Å². The highest BCUT2D eigenvalue weighted by atomic mass is 19.3. The van der Waals surface area contributed by atoms with Gasteiger partial charge >= 0.3 is 5.92 Å². The lowest BCUT2D eigenvalue weighted by Crippen LogP contribution is -2.37. The Bertz CT molecular complexity index is 490. The van der Waals surface area contributed by atoms with Gasteiger partial charge in [0.25, 0.3) is 0 Å². The molecule has 0 heterocycles. The topological polar surface area (TPSA) is 43.1 Å². The molecular weight excluding hydrogens is 255 g/mol. The molecule has 19 heavy (non-hydrogen) atoms. The number of Topliss-reactive ketones (excluding diaryl/α,β-unsaturated/α-hetero) is 1. The van der Waals surface area contributed by atoms with E-state index in [0.29, 0.717) is 0 Å². The number of halogens is 3. The smallest absolute Gasteiger partial charge is 0.324 e. The van der Waals surface area contributed by atoms with Gasteiger partial charge in [0.15, 0.2) is 0 Å². The Morgan fingerprint density at radius 3 is 2.21 bits per heavy atom. The van der Waals surface area contributed by atoms with Crippen molar-refractivity contribution < 1.29 is 18.0 Å². The highest BCUT2D eigenvalue weighted by Gasteiger charge is 2.48. The van der Waals surface area contributed by atoms with E-state index in [1.807, 2.05) is 0 Å². The summed E-state index contributed by atoms with van der Waals surface area (Å²) in [5.41, 5.74) is 3.31. The molecule has 1 aromatic rings. The van der Waals surface area contributed by atoms with E-state index in [4.69, 9.17) is 5.73 Å². The molecule has 0 fully saturated rings. The van der Waals surface area contributed by atoms with Crippen LogP contribution in [0.3, 0.4) is 0 Å². The van der Waals surface area contributed by atoms with Crippen LogP contribution in [-0.2, 0) is 10.7 Å². The molecule has 5 heteroatoms. The second-order valence-corrected chi connectivity index (χ2v) is 5.65. The zero-order chi connectivity index (χ0) is 15.0. The van der Waals surface area contributed by atoms with Crippen LogP contribution in [0.5, 0.6) is 0 Å². The van der Waals surface area contributed by atoms with Gasteiger partial charge in [0, 0.05) is 17.0 Å². The second kappa shape index (κ2) is 4.96. The average Bonchev–Trinajstić information content (AvgIpc) is 2.26. The molecule has 0 bridgehead atoms. The van der Waals surface area contributed by atoms with Crippen LogP contribution in [0, 0.1) is 11.2 Å². The van der Waals surface area contributed by atoms with Crippen LogP contribution >= 0.6 is 0 Å². The van der Waals surface area contributed by atoms with E-state index in [9.17, 15) is 18.0 Å². The molecule has 0 saturated heterocycles. The summed E-state index contributed by atoms with van der Waals surface area (Å²) in [6.45, 7) is 5.61. The number of carbonyl (C=O) groups excluding carboxylic acids is 1. The number of rotatable bonds is 3. The molecule has 0 aromatic heterocycles. The molecule has 0 spiro atoms.